The molecule has 144 valence electrons. The van der Waals surface area contributed by atoms with Gasteiger partial charge in [-0.2, -0.15) is 18.2 Å². The molecule has 0 aliphatic carbocycles. The second-order valence-electron chi connectivity index (χ2n) is 5.88. The van der Waals surface area contributed by atoms with Crippen molar-refractivity contribution in [2.75, 3.05) is 10.6 Å². The van der Waals surface area contributed by atoms with Gasteiger partial charge in [-0.3, -0.25) is 10.1 Å². The standard InChI is InChI=1S/C18H14F3N5O2/c1-11-5-7-12(8-6-11)24-17-22-10-15(18(19,20)21)16(25-17)23-13-3-2-4-14(9-13)26(27)28/h2-10H,1H3,(H2,22,23,24,25). The molecule has 10 heteroatoms. The lowest BCUT2D eigenvalue weighted by molar-refractivity contribution is -0.384. The minimum absolute atomic E-state index is 0.0511. The fourth-order valence-electron chi connectivity index (χ4n) is 2.34. The van der Waals surface area contributed by atoms with Gasteiger partial charge in [0.2, 0.25) is 5.95 Å². The summed E-state index contributed by atoms with van der Waals surface area (Å²) in [6.07, 6.45) is -4.05. The van der Waals surface area contributed by atoms with Crippen molar-refractivity contribution in [3.63, 3.8) is 0 Å². The van der Waals surface area contributed by atoms with E-state index in [1.807, 2.05) is 19.1 Å². The molecule has 28 heavy (non-hydrogen) atoms. The molecule has 1 aromatic heterocycles. The third-order valence-corrected chi connectivity index (χ3v) is 3.72. The SMILES string of the molecule is Cc1ccc(Nc2ncc(C(F)(F)F)c(Nc3cccc([N+](=O)[O-])c3)n2)cc1. The lowest BCUT2D eigenvalue weighted by Crippen LogP contribution is -2.12. The topological polar surface area (TPSA) is 93.0 Å². The molecule has 0 spiro atoms. The lowest BCUT2D eigenvalue weighted by atomic mass is 10.2. The van der Waals surface area contributed by atoms with E-state index in [9.17, 15) is 23.3 Å². The van der Waals surface area contributed by atoms with E-state index in [0.717, 1.165) is 11.6 Å². The Morgan fingerprint density at radius 1 is 1.04 bits per heavy atom. The molecular formula is C18H14F3N5O2. The summed E-state index contributed by atoms with van der Waals surface area (Å²) in [6, 6.07) is 12.3. The Labute approximate surface area is 157 Å². The fraction of sp³-hybridized carbons (Fsp3) is 0.111. The van der Waals surface area contributed by atoms with Gasteiger partial charge in [0.25, 0.3) is 5.69 Å². The Morgan fingerprint density at radius 3 is 2.39 bits per heavy atom. The number of nitro benzene ring substituents is 1. The Morgan fingerprint density at radius 2 is 1.75 bits per heavy atom. The fourth-order valence-corrected chi connectivity index (χ4v) is 2.34. The van der Waals surface area contributed by atoms with Crippen LogP contribution in [0.25, 0.3) is 0 Å². The van der Waals surface area contributed by atoms with Crippen LogP contribution in [0.2, 0.25) is 0 Å². The Bertz CT molecular complexity index is 1010. The molecule has 3 aromatic rings. The van der Waals surface area contributed by atoms with Crippen LogP contribution < -0.4 is 10.6 Å². The van der Waals surface area contributed by atoms with Crippen LogP contribution >= 0.6 is 0 Å². The normalized spacial score (nSPS) is 11.1. The first-order valence-electron chi connectivity index (χ1n) is 8.02. The lowest BCUT2D eigenvalue weighted by Gasteiger charge is -2.15. The highest BCUT2D eigenvalue weighted by Gasteiger charge is 2.35. The predicted octanol–water partition coefficient (Wildman–Crippen LogP) is 5.20. The first kappa shape index (κ1) is 19.1. The zero-order valence-corrected chi connectivity index (χ0v) is 14.5. The van der Waals surface area contributed by atoms with E-state index < -0.39 is 22.5 Å². The first-order valence-corrected chi connectivity index (χ1v) is 8.02. The number of anilines is 4. The summed E-state index contributed by atoms with van der Waals surface area (Å²) in [4.78, 5) is 17.9. The highest BCUT2D eigenvalue weighted by Crippen LogP contribution is 2.35. The zero-order valence-electron chi connectivity index (χ0n) is 14.5. The first-order chi connectivity index (χ1) is 13.2. The highest BCUT2D eigenvalue weighted by atomic mass is 19.4. The van der Waals surface area contributed by atoms with E-state index in [-0.39, 0.29) is 17.3 Å². The van der Waals surface area contributed by atoms with Crippen molar-refractivity contribution in [3.05, 3.63) is 76.0 Å². The molecule has 0 bridgehead atoms. The van der Waals surface area contributed by atoms with Crippen molar-refractivity contribution in [1.82, 2.24) is 9.97 Å². The molecule has 3 rings (SSSR count). The number of aryl methyl sites for hydroxylation is 1. The number of benzene rings is 2. The number of rotatable bonds is 5. The molecule has 0 unspecified atom stereocenters. The van der Waals surface area contributed by atoms with Crippen molar-refractivity contribution in [2.24, 2.45) is 0 Å². The summed E-state index contributed by atoms with van der Waals surface area (Å²) < 4.78 is 39.9. The summed E-state index contributed by atoms with van der Waals surface area (Å²) in [5.74, 6) is -0.567. The van der Waals surface area contributed by atoms with Gasteiger partial charge in [-0.05, 0) is 25.1 Å². The van der Waals surface area contributed by atoms with Crippen molar-refractivity contribution in [2.45, 2.75) is 13.1 Å². The van der Waals surface area contributed by atoms with Gasteiger partial charge in [0.1, 0.15) is 11.4 Å². The summed E-state index contributed by atoms with van der Waals surface area (Å²) in [5, 5.41) is 16.2. The molecule has 0 aliphatic heterocycles. The van der Waals surface area contributed by atoms with Crippen molar-refractivity contribution < 1.29 is 18.1 Å². The molecule has 0 amide bonds. The number of aromatic nitrogens is 2. The number of nitrogens with one attached hydrogen (secondary N) is 2. The van der Waals surface area contributed by atoms with E-state index in [1.54, 1.807) is 12.1 Å². The summed E-state index contributed by atoms with van der Waals surface area (Å²) >= 11 is 0. The smallest absolute Gasteiger partial charge is 0.339 e. The van der Waals surface area contributed by atoms with Gasteiger partial charge in [0.15, 0.2) is 0 Å². The molecule has 0 atom stereocenters. The molecule has 0 fully saturated rings. The summed E-state index contributed by atoms with van der Waals surface area (Å²) in [5.41, 5.74) is 0.373. The van der Waals surface area contributed by atoms with E-state index in [2.05, 4.69) is 20.6 Å². The molecule has 0 saturated carbocycles. The molecule has 0 saturated heterocycles. The maximum Gasteiger partial charge on any atom is 0.421 e. The van der Waals surface area contributed by atoms with Crippen LogP contribution in [-0.2, 0) is 6.18 Å². The van der Waals surface area contributed by atoms with Crippen LogP contribution in [0.5, 0.6) is 0 Å². The Kier molecular flexibility index (Phi) is 5.12. The third kappa shape index (κ3) is 4.53. The molecule has 0 radical (unpaired) electrons. The van der Waals surface area contributed by atoms with Crippen LogP contribution in [-0.4, -0.2) is 14.9 Å². The van der Waals surface area contributed by atoms with Gasteiger partial charge in [0, 0.05) is 29.7 Å². The van der Waals surface area contributed by atoms with Crippen LogP contribution in [0, 0.1) is 17.0 Å². The molecule has 7 nitrogen and oxygen atoms in total. The minimum Gasteiger partial charge on any atom is -0.339 e. The Hall–Kier alpha value is -3.69. The highest BCUT2D eigenvalue weighted by molar-refractivity contribution is 5.64. The quantitative estimate of drug-likeness (QED) is 0.460. The third-order valence-electron chi connectivity index (χ3n) is 3.72. The van der Waals surface area contributed by atoms with Gasteiger partial charge in [-0.1, -0.05) is 23.8 Å². The average Bonchev–Trinajstić information content (AvgIpc) is 2.63. The number of non-ortho nitro benzene ring substituents is 1. The van der Waals surface area contributed by atoms with Gasteiger partial charge in [-0.25, -0.2) is 4.98 Å². The number of nitrogens with zero attached hydrogens (tertiary/aromatic N) is 3. The van der Waals surface area contributed by atoms with Crippen LogP contribution in [0.1, 0.15) is 11.1 Å². The number of alkyl halides is 3. The van der Waals surface area contributed by atoms with Crippen LogP contribution in [0.15, 0.2) is 54.7 Å². The average molecular weight is 389 g/mol. The van der Waals surface area contributed by atoms with Gasteiger partial charge in [0.05, 0.1) is 4.92 Å². The molecule has 0 aliphatic rings. The molecule has 1 heterocycles. The van der Waals surface area contributed by atoms with Crippen molar-refractivity contribution in [1.29, 1.82) is 0 Å². The van der Waals surface area contributed by atoms with Crippen LogP contribution in [0.3, 0.4) is 0 Å². The van der Waals surface area contributed by atoms with E-state index in [0.29, 0.717) is 11.9 Å². The summed E-state index contributed by atoms with van der Waals surface area (Å²) in [6.45, 7) is 1.90. The number of nitro groups is 1. The second-order valence-corrected chi connectivity index (χ2v) is 5.88. The van der Waals surface area contributed by atoms with Gasteiger partial charge in [-0.15, -0.1) is 0 Å². The Balaban J connectivity index is 1.95. The van der Waals surface area contributed by atoms with Crippen LogP contribution in [0.4, 0.5) is 42.0 Å². The van der Waals surface area contributed by atoms with Gasteiger partial charge >= 0.3 is 6.18 Å². The monoisotopic (exact) mass is 389 g/mol. The largest absolute Gasteiger partial charge is 0.421 e. The maximum atomic E-state index is 13.3. The van der Waals surface area contributed by atoms with Crippen molar-refractivity contribution in [3.8, 4) is 0 Å². The number of halogens is 3. The van der Waals surface area contributed by atoms with Gasteiger partial charge < -0.3 is 10.6 Å². The van der Waals surface area contributed by atoms with Crippen molar-refractivity contribution >= 4 is 28.8 Å². The number of hydrogen-bond donors (Lipinski definition) is 2. The second kappa shape index (κ2) is 7.51. The maximum absolute atomic E-state index is 13.3. The van der Waals surface area contributed by atoms with E-state index in [4.69, 9.17) is 0 Å². The number of hydrogen-bond acceptors (Lipinski definition) is 6. The van der Waals surface area contributed by atoms with E-state index in [1.165, 1.54) is 18.2 Å². The predicted molar refractivity (Wildman–Crippen MR) is 97.9 cm³/mol. The molecule has 2 aromatic carbocycles. The molecule has 2 N–H and O–H groups in total. The zero-order chi connectivity index (χ0) is 20.3. The van der Waals surface area contributed by atoms with E-state index >= 15 is 0 Å². The summed E-state index contributed by atoms with van der Waals surface area (Å²) in [7, 11) is 0. The minimum atomic E-state index is -4.70. The molecular weight excluding hydrogens is 375 g/mol.